The van der Waals surface area contributed by atoms with E-state index in [0.717, 1.165) is 46.2 Å². The molecule has 4 nitrogen and oxygen atoms in total. The van der Waals surface area contributed by atoms with E-state index < -0.39 is 0 Å². The van der Waals surface area contributed by atoms with Gasteiger partial charge in [-0.15, -0.1) is 11.3 Å². The Morgan fingerprint density at radius 2 is 2.15 bits per heavy atom. The Bertz CT molecular complexity index is 592. The van der Waals surface area contributed by atoms with E-state index in [9.17, 15) is 0 Å². The lowest BCUT2D eigenvalue weighted by atomic mass is 9.89. The van der Waals surface area contributed by atoms with E-state index in [4.69, 9.17) is 10.5 Å². The predicted molar refractivity (Wildman–Crippen MR) is 87.5 cm³/mol. The van der Waals surface area contributed by atoms with Gasteiger partial charge in [0.25, 0.3) is 0 Å². The van der Waals surface area contributed by atoms with Crippen molar-refractivity contribution in [2.75, 3.05) is 31.3 Å². The quantitative estimate of drug-likeness (QED) is 0.798. The van der Waals surface area contributed by atoms with Crippen molar-refractivity contribution in [2.45, 2.75) is 27.2 Å². The maximum Gasteiger partial charge on any atom is 0.0907 e. The Labute approximate surface area is 124 Å². The summed E-state index contributed by atoms with van der Waals surface area (Å²) >= 11 is 1.67. The van der Waals surface area contributed by atoms with E-state index in [1.807, 2.05) is 19.1 Å². The summed E-state index contributed by atoms with van der Waals surface area (Å²) in [5, 5.41) is 4.51. The lowest BCUT2D eigenvalue weighted by molar-refractivity contribution is 0.157. The summed E-state index contributed by atoms with van der Waals surface area (Å²) < 4.78 is 6.30. The van der Waals surface area contributed by atoms with Gasteiger partial charge in [0.2, 0.25) is 0 Å². The zero-order valence-corrected chi connectivity index (χ0v) is 13.4. The lowest BCUT2D eigenvalue weighted by Crippen LogP contribution is -2.25. The number of ether oxygens (including phenoxy) is 1. The molecular weight excluding hydrogens is 270 g/mol. The third-order valence-electron chi connectivity index (χ3n) is 3.41. The molecule has 3 N–H and O–H groups in total. The lowest BCUT2D eigenvalue weighted by Gasteiger charge is -2.25. The number of nitrogen functional groups attached to an aromatic ring is 1. The molecule has 0 fully saturated rings. The topological polar surface area (TPSA) is 60.2 Å². The highest BCUT2D eigenvalue weighted by Crippen LogP contribution is 2.31. The number of hydrogen-bond donors (Lipinski definition) is 2. The van der Waals surface area contributed by atoms with Gasteiger partial charge in [-0.2, -0.15) is 0 Å². The van der Waals surface area contributed by atoms with Crippen LogP contribution in [0.5, 0.6) is 0 Å². The first kappa shape index (κ1) is 15.1. The molecule has 0 amide bonds. The fourth-order valence-electron chi connectivity index (χ4n) is 2.06. The molecule has 2 rings (SSSR count). The fourth-order valence-corrected chi connectivity index (χ4v) is 2.92. The zero-order valence-electron chi connectivity index (χ0n) is 12.6. The molecule has 5 heteroatoms. The molecule has 0 aliphatic rings. The van der Waals surface area contributed by atoms with E-state index in [2.05, 4.69) is 24.1 Å². The van der Waals surface area contributed by atoms with Crippen molar-refractivity contribution >= 4 is 32.9 Å². The van der Waals surface area contributed by atoms with Crippen LogP contribution in [0.2, 0.25) is 0 Å². The number of aryl methyl sites for hydroxylation is 1. The Morgan fingerprint density at radius 1 is 1.40 bits per heavy atom. The Morgan fingerprint density at radius 3 is 2.85 bits per heavy atom. The molecule has 20 heavy (non-hydrogen) atoms. The van der Waals surface area contributed by atoms with Crippen molar-refractivity contribution in [2.24, 2.45) is 5.41 Å². The highest BCUT2D eigenvalue weighted by molar-refractivity contribution is 7.18. The Kier molecular flexibility index (Phi) is 4.50. The number of hydrogen-bond acceptors (Lipinski definition) is 5. The van der Waals surface area contributed by atoms with Gasteiger partial charge in [0.1, 0.15) is 0 Å². The van der Waals surface area contributed by atoms with Crippen LogP contribution in [0.15, 0.2) is 12.1 Å². The van der Waals surface area contributed by atoms with E-state index in [0.29, 0.717) is 0 Å². The standard InChI is InChI=1S/C15H23N3OS/c1-10-18-13-8-12(11(16)7-14(13)20-10)17-9-15(2,3)5-6-19-4/h7-8,17H,5-6,9,16H2,1-4H3. The normalized spacial score (nSPS) is 12.0. The number of benzene rings is 1. The molecule has 0 bridgehead atoms. The van der Waals surface area contributed by atoms with Gasteiger partial charge in [-0.3, -0.25) is 0 Å². The maximum absolute atomic E-state index is 6.12. The van der Waals surface area contributed by atoms with Gasteiger partial charge in [-0.1, -0.05) is 13.8 Å². The Balaban J connectivity index is 2.11. The minimum absolute atomic E-state index is 0.162. The second-order valence-electron chi connectivity index (χ2n) is 5.90. The summed E-state index contributed by atoms with van der Waals surface area (Å²) in [5.41, 5.74) is 9.04. The van der Waals surface area contributed by atoms with Crippen LogP contribution in [0, 0.1) is 12.3 Å². The smallest absolute Gasteiger partial charge is 0.0907 e. The van der Waals surface area contributed by atoms with Crippen LogP contribution in [-0.2, 0) is 4.74 Å². The van der Waals surface area contributed by atoms with Crippen LogP contribution in [0.25, 0.3) is 10.2 Å². The van der Waals surface area contributed by atoms with E-state index in [1.54, 1.807) is 18.4 Å². The summed E-state index contributed by atoms with van der Waals surface area (Å²) in [6, 6.07) is 4.05. The Hall–Kier alpha value is -1.33. The molecular formula is C15H23N3OS. The van der Waals surface area contributed by atoms with Gasteiger partial charge in [0, 0.05) is 20.3 Å². The summed E-state index contributed by atoms with van der Waals surface area (Å²) in [4.78, 5) is 4.51. The number of anilines is 2. The molecule has 0 saturated heterocycles. The highest BCUT2D eigenvalue weighted by Gasteiger charge is 2.18. The fraction of sp³-hybridized carbons (Fsp3) is 0.533. The molecule has 1 aromatic heterocycles. The van der Waals surface area contributed by atoms with Gasteiger partial charge in [-0.25, -0.2) is 4.98 Å². The molecule has 0 spiro atoms. The largest absolute Gasteiger partial charge is 0.397 e. The number of nitrogens with one attached hydrogen (secondary N) is 1. The maximum atomic E-state index is 6.12. The van der Waals surface area contributed by atoms with Crippen molar-refractivity contribution in [3.05, 3.63) is 17.1 Å². The molecule has 1 aromatic carbocycles. The molecule has 0 aliphatic heterocycles. The second kappa shape index (κ2) is 5.97. The van der Waals surface area contributed by atoms with Crippen LogP contribution in [-0.4, -0.2) is 25.2 Å². The minimum Gasteiger partial charge on any atom is -0.397 e. The van der Waals surface area contributed by atoms with Crippen molar-refractivity contribution in [3.8, 4) is 0 Å². The van der Waals surface area contributed by atoms with Crippen LogP contribution >= 0.6 is 11.3 Å². The predicted octanol–water partition coefficient (Wildman–Crippen LogP) is 3.66. The summed E-state index contributed by atoms with van der Waals surface area (Å²) in [7, 11) is 1.74. The monoisotopic (exact) mass is 293 g/mol. The zero-order chi connectivity index (χ0) is 14.8. The number of fused-ring (bicyclic) bond motifs is 1. The van der Waals surface area contributed by atoms with Crippen LogP contribution in [0.3, 0.4) is 0 Å². The third-order valence-corrected chi connectivity index (χ3v) is 4.34. The summed E-state index contributed by atoms with van der Waals surface area (Å²) in [6.45, 7) is 8.09. The van der Waals surface area contributed by atoms with Crippen molar-refractivity contribution in [1.29, 1.82) is 0 Å². The summed E-state index contributed by atoms with van der Waals surface area (Å²) in [6.07, 6.45) is 1.01. The van der Waals surface area contributed by atoms with Crippen LogP contribution < -0.4 is 11.1 Å². The number of nitrogens with two attached hydrogens (primary N) is 1. The van der Waals surface area contributed by atoms with Crippen LogP contribution in [0.1, 0.15) is 25.3 Å². The average Bonchev–Trinajstić information content (AvgIpc) is 2.73. The van der Waals surface area contributed by atoms with E-state index in [1.165, 1.54) is 0 Å². The number of methoxy groups -OCH3 is 1. The van der Waals surface area contributed by atoms with Gasteiger partial charge in [-0.05, 0) is 30.9 Å². The van der Waals surface area contributed by atoms with Gasteiger partial charge < -0.3 is 15.8 Å². The van der Waals surface area contributed by atoms with Crippen LogP contribution in [0.4, 0.5) is 11.4 Å². The molecule has 0 unspecified atom stereocenters. The molecule has 2 aromatic rings. The van der Waals surface area contributed by atoms with Crippen molar-refractivity contribution < 1.29 is 4.74 Å². The first-order chi connectivity index (χ1) is 9.41. The van der Waals surface area contributed by atoms with Gasteiger partial charge in [0.05, 0.1) is 26.6 Å². The number of nitrogens with zero attached hydrogens (tertiary/aromatic N) is 1. The summed E-state index contributed by atoms with van der Waals surface area (Å²) in [5.74, 6) is 0. The molecule has 110 valence electrons. The number of rotatable bonds is 6. The number of aromatic nitrogens is 1. The molecule has 0 atom stereocenters. The second-order valence-corrected chi connectivity index (χ2v) is 7.14. The first-order valence-electron chi connectivity index (χ1n) is 6.81. The third kappa shape index (κ3) is 3.61. The van der Waals surface area contributed by atoms with E-state index >= 15 is 0 Å². The first-order valence-corrected chi connectivity index (χ1v) is 7.62. The van der Waals surface area contributed by atoms with Crippen molar-refractivity contribution in [3.63, 3.8) is 0 Å². The van der Waals surface area contributed by atoms with Crippen molar-refractivity contribution in [1.82, 2.24) is 4.98 Å². The molecule has 0 radical (unpaired) electrons. The van der Waals surface area contributed by atoms with E-state index in [-0.39, 0.29) is 5.41 Å². The van der Waals surface area contributed by atoms with Gasteiger partial charge >= 0.3 is 0 Å². The number of thiazole rings is 1. The SMILES string of the molecule is COCCC(C)(C)CNc1cc2nc(C)sc2cc1N. The van der Waals surface area contributed by atoms with Gasteiger partial charge in [0.15, 0.2) is 0 Å². The molecule has 0 saturated carbocycles. The minimum atomic E-state index is 0.162. The molecule has 0 aliphatic carbocycles. The molecule has 1 heterocycles. The average molecular weight is 293 g/mol. The highest BCUT2D eigenvalue weighted by atomic mass is 32.1.